The van der Waals surface area contributed by atoms with E-state index in [9.17, 15) is 0 Å². The summed E-state index contributed by atoms with van der Waals surface area (Å²) >= 11 is 3.29. The third kappa shape index (κ3) is 1.89. The standard InChI is InChI=1S/C9H6BrN3/c10-8-6-7(2-5-11-8)9-12-3-1-4-13-9/h1-6H. The van der Waals surface area contributed by atoms with Crippen molar-refractivity contribution in [1.82, 2.24) is 15.0 Å². The van der Waals surface area contributed by atoms with Gasteiger partial charge in [-0.15, -0.1) is 0 Å². The molecule has 4 heteroatoms. The summed E-state index contributed by atoms with van der Waals surface area (Å²) in [6, 6.07) is 5.55. The van der Waals surface area contributed by atoms with E-state index in [2.05, 4.69) is 30.9 Å². The van der Waals surface area contributed by atoms with Crippen LogP contribution >= 0.6 is 15.9 Å². The molecule has 0 spiro atoms. The molecule has 0 bridgehead atoms. The summed E-state index contributed by atoms with van der Waals surface area (Å²) in [6.45, 7) is 0. The average molecular weight is 236 g/mol. The molecule has 0 amide bonds. The van der Waals surface area contributed by atoms with E-state index in [0.717, 1.165) is 10.2 Å². The summed E-state index contributed by atoms with van der Waals surface area (Å²) in [4.78, 5) is 12.3. The van der Waals surface area contributed by atoms with E-state index in [1.165, 1.54) is 0 Å². The average Bonchev–Trinajstić information content (AvgIpc) is 2.19. The molecule has 0 aliphatic rings. The molecule has 0 saturated heterocycles. The lowest BCUT2D eigenvalue weighted by Crippen LogP contribution is -1.87. The quantitative estimate of drug-likeness (QED) is 0.713. The highest BCUT2D eigenvalue weighted by Gasteiger charge is 1.99. The lowest BCUT2D eigenvalue weighted by Gasteiger charge is -1.97. The van der Waals surface area contributed by atoms with Gasteiger partial charge in [-0.05, 0) is 34.1 Å². The Morgan fingerprint density at radius 3 is 2.46 bits per heavy atom. The van der Waals surface area contributed by atoms with Gasteiger partial charge in [0.1, 0.15) is 4.60 Å². The van der Waals surface area contributed by atoms with Gasteiger partial charge in [0.2, 0.25) is 0 Å². The van der Waals surface area contributed by atoms with Crippen molar-refractivity contribution >= 4 is 15.9 Å². The Hall–Kier alpha value is -1.29. The van der Waals surface area contributed by atoms with Crippen LogP contribution in [0.2, 0.25) is 0 Å². The maximum absolute atomic E-state index is 4.13. The van der Waals surface area contributed by atoms with Gasteiger partial charge in [0.25, 0.3) is 0 Å². The molecule has 2 aromatic heterocycles. The van der Waals surface area contributed by atoms with Crippen LogP contribution in [0.4, 0.5) is 0 Å². The second-order valence-corrected chi connectivity index (χ2v) is 3.25. The third-order valence-electron chi connectivity index (χ3n) is 1.55. The smallest absolute Gasteiger partial charge is 0.159 e. The van der Waals surface area contributed by atoms with Gasteiger partial charge in [0, 0.05) is 24.2 Å². The Bertz CT molecular complexity index is 403. The minimum absolute atomic E-state index is 0.714. The van der Waals surface area contributed by atoms with Crippen molar-refractivity contribution in [1.29, 1.82) is 0 Å². The first-order valence-electron chi connectivity index (χ1n) is 3.75. The van der Waals surface area contributed by atoms with Crippen molar-refractivity contribution in [2.75, 3.05) is 0 Å². The van der Waals surface area contributed by atoms with Crippen molar-refractivity contribution in [2.45, 2.75) is 0 Å². The topological polar surface area (TPSA) is 38.7 Å². The van der Waals surface area contributed by atoms with Gasteiger partial charge < -0.3 is 0 Å². The van der Waals surface area contributed by atoms with Crippen LogP contribution in [0.15, 0.2) is 41.4 Å². The van der Waals surface area contributed by atoms with Crippen LogP contribution in [0.25, 0.3) is 11.4 Å². The highest BCUT2D eigenvalue weighted by Crippen LogP contribution is 2.16. The fraction of sp³-hybridized carbons (Fsp3) is 0. The summed E-state index contributed by atoms with van der Waals surface area (Å²) < 4.78 is 0.789. The molecular weight excluding hydrogens is 230 g/mol. The molecule has 0 radical (unpaired) electrons. The molecule has 0 fully saturated rings. The fourth-order valence-corrected chi connectivity index (χ4v) is 1.35. The second kappa shape index (κ2) is 3.62. The molecule has 2 heterocycles. The first-order chi connectivity index (χ1) is 6.36. The summed E-state index contributed by atoms with van der Waals surface area (Å²) in [5.41, 5.74) is 0.961. The van der Waals surface area contributed by atoms with Gasteiger partial charge in [-0.3, -0.25) is 0 Å². The molecule has 2 rings (SSSR count). The lowest BCUT2D eigenvalue weighted by molar-refractivity contribution is 1.16. The van der Waals surface area contributed by atoms with Gasteiger partial charge in [0.05, 0.1) is 0 Å². The van der Waals surface area contributed by atoms with Gasteiger partial charge >= 0.3 is 0 Å². The zero-order valence-electron chi connectivity index (χ0n) is 6.68. The number of aromatic nitrogens is 3. The van der Waals surface area contributed by atoms with Crippen LogP contribution in [0, 0.1) is 0 Å². The Morgan fingerprint density at radius 1 is 1.00 bits per heavy atom. The van der Waals surface area contributed by atoms with Crippen molar-refractivity contribution in [3.63, 3.8) is 0 Å². The van der Waals surface area contributed by atoms with E-state index in [0.29, 0.717) is 5.82 Å². The van der Waals surface area contributed by atoms with Crippen LogP contribution in [-0.4, -0.2) is 15.0 Å². The monoisotopic (exact) mass is 235 g/mol. The maximum Gasteiger partial charge on any atom is 0.159 e. The van der Waals surface area contributed by atoms with Crippen LogP contribution < -0.4 is 0 Å². The van der Waals surface area contributed by atoms with Gasteiger partial charge in [-0.25, -0.2) is 15.0 Å². The molecule has 13 heavy (non-hydrogen) atoms. The van der Waals surface area contributed by atoms with E-state index in [1.54, 1.807) is 24.7 Å². The van der Waals surface area contributed by atoms with Crippen LogP contribution in [0.1, 0.15) is 0 Å². The number of pyridine rings is 1. The molecule has 2 aromatic rings. The predicted molar refractivity (Wildman–Crippen MR) is 53.0 cm³/mol. The van der Waals surface area contributed by atoms with Crippen molar-refractivity contribution in [3.8, 4) is 11.4 Å². The Balaban J connectivity index is 2.48. The maximum atomic E-state index is 4.13. The van der Waals surface area contributed by atoms with Crippen molar-refractivity contribution < 1.29 is 0 Å². The second-order valence-electron chi connectivity index (χ2n) is 2.44. The van der Waals surface area contributed by atoms with Crippen LogP contribution in [0.5, 0.6) is 0 Å². The minimum atomic E-state index is 0.714. The Morgan fingerprint density at radius 2 is 1.77 bits per heavy atom. The normalized spacial score (nSPS) is 9.92. The van der Waals surface area contributed by atoms with Crippen molar-refractivity contribution in [3.05, 3.63) is 41.4 Å². The molecule has 0 saturated carbocycles. The first kappa shape index (κ1) is 8.31. The van der Waals surface area contributed by atoms with Gasteiger partial charge in [-0.1, -0.05) is 0 Å². The largest absolute Gasteiger partial charge is 0.249 e. The number of halogens is 1. The summed E-state index contributed by atoms with van der Waals surface area (Å²) in [5.74, 6) is 0.714. The van der Waals surface area contributed by atoms with E-state index in [-0.39, 0.29) is 0 Å². The van der Waals surface area contributed by atoms with Crippen molar-refractivity contribution in [2.24, 2.45) is 0 Å². The number of nitrogens with zero attached hydrogens (tertiary/aromatic N) is 3. The van der Waals surface area contributed by atoms with E-state index in [4.69, 9.17) is 0 Å². The summed E-state index contributed by atoms with van der Waals surface area (Å²) in [7, 11) is 0. The minimum Gasteiger partial charge on any atom is -0.249 e. The predicted octanol–water partition coefficient (Wildman–Crippen LogP) is 2.30. The first-order valence-corrected chi connectivity index (χ1v) is 4.54. The SMILES string of the molecule is Brc1cc(-c2ncccn2)ccn1. The summed E-state index contributed by atoms with van der Waals surface area (Å²) in [5, 5.41) is 0. The molecule has 3 nitrogen and oxygen atoms in total. The zero-order chi connectivity index (χ0) is 9.10. The summed E-state index contributed by atoms with van der Waals surface area (Å²) in [6.07, 6.45) is 5.16. The van der Waals surface area contributed by atoms with Crippen LogP contribution in [-0.2, 0) is 0 Å². The molecule has 0 aromatic carbocycles. The van der Waals surface area contributed by atoms with Gasteiger partial charge in [-0.2, -0.15) is 0 Å². The van der Waals surface area contributed by atoms with E-state index in [1.807, 2.05) is 12.1 Å². The molecule has 0 atom stereocenters. The molecule has 0 N–H and O–H groups in total. The van der Waals surface area contributed by atoms with E-state index < -0.39 is 0 Å². The third-order valence-corrected chi connectivity index (χ3v) is 1.98. The van der Waals surface area contributed by atoms with E-state index >= 15 is 0 Å². The number of rotatable bonds is 1. The molecule has 0 aliphatic heterocycles. The highest BCUT2D eigenvalue weighted by molar-refractivity contribution is 9.10. The molecule has 0 unspecified atom stereocenters. The molecule has 0 aliphatic carbocycles. The molecule has 64 valence electrons. The fourth-order valence-electron chi connectivity index (χ4n) is 0.990. The Kier molecular flexibility index (Phi) is 2.31. The van der Waals surface area contributed by atoms with Crippen LogP contribution in [0.3, 0.4) is 0 Å². The Labute approximate surface area is 84.0 Å². The highest BCUT2D eigenvalue weighted by atomic mass is 79.9. The van der Waals surface area contributed by atoms with Gasteiger partial charge in [0.15, 0.2) is 5.82 Å². The number of hydrogen-bond donors (Lipinski definition) is 0. The number of hydrogen-bond acceptors (Lipinski definition) is 3. The molecular formula is C9H6BrN3. The zero-order valence-corrected chi connectivity index (χ0v) is 8.27. The lowest BCUT2D eigenvalue weighted by atomic mass is 10.2.